The summed E-state index contributed by atoms with van der Waals surface area (Å²) >= 11 is 6.21. The third kappa shape index (κ3) is 5.67. The molecule has 2 N–H and O–H groups in total. The summed E-state index contributed by atoms with van der Waals surface area (Å²) < 4.78 is 41.8. The minimum absolute atomic E-state index is 0.0310. The van der Waals surface area contributed by atoms with Crippen molar-refractivity contribution in [1.82, 2.24) is 15.3 Å². The van der Waals surface area contributed by atoms with Gasteiger partial charge in [0, 0.05) is 39.9 Å². The largest absolute Gasteiger partial charge is 0.361 e. The predicted molar refractivity (Wildman–Crippen MR) is 138 cm³/mol. The lowest BCUT2D eigenvalue weighted by atomic mass is 9.95. The van der Waals surface area contributed by atoms with Gasteiger partial charge in [-0.25, -0.2) is 13.2 Å². The molecule has 1 atom stereocenters. The number of halogens is 4. The minimum Gasteiger partial charge on any atom is -0.361 e. The van der Waals surface area contributed by atoms with Gasteiger partial charge in [0.25, 0.3) is 0 Å². The lowest BCUT2D eigenvalue weighted by Crippen LogP contribution is -2.32. The molecule has 0 aliphatic rings. The molecule has 5 aromatic rings. The molecule has 37 heavy (non-hydrogen) atoms. The van der Waals surface area contributed by atoms with E-state index in [2.05, 4.69) is 15.3 Å². The zero-order chi connectivity index (χ0) is 25.9. The molecule has 0 saturated carbocycles. The number of pyridine rings is 1. The summed E-state index contributed by atoms with van der Waals surface area (Å²) in [5, 5.41) is 4.12. The molecule has 186 valence electrons. The van der Waals surface area contributed by atoms with Crippen LogP contribution in [-0.2, 0) is 17.6 Å². The maximum absolute atomic E-state index is 14.0. The Morgan fingerprint density at radius 2 is 1.76 bits per heavy atom. The fourth-order valence-corrected chi connectivity index (χ4v) is 4.68. The molecule has 0 unspecified atom stereocenters. The highest BCUT2D eigenvalue weighted by atomic mass is 35.5. The number of aromatic nitrogens is 2. The molecule has 0 spiro atoms. The number of amides is 1. The zero-order valence-corrected chi connectivity index (χ0v) is 20.2. The fraction of sp³-hybridized carbons (Fsp3) is 0.103. The number of aromatic amines is 1. The first kappa shape index (κ1) is 24.6. The number of carbonyl (C=O) groups is 1. The van der Waals surface area contributed by atoms with E-state index >= 15 is 0 Å². The van der Waals surface area contributed by atoms with Gasteiger partial charge in [-0.15, -0.1) is 0 Å². The number of hydrogen-bond acceptors (Lipinski definition) is 2. The van der Waals surface area contributed by atoms with E-state index in [4.69, 9.17) is 11.6 Å². The number of H-pyrrole nitrogens is 1. The van der Waals surface area contributed by atoms with E-state index in [0.717, 1.165) is 17.2 Å². The van der Waals surface area contributed by atoms with Crippen LogP contribution in [0.15, 0.2) is 85.2 Å². The summed E-state index contributed by atoms with van der Waals surface area (Å²) in [4.78, 5) is 20.8. The molecular formula is C29H21ClF3N3O. The Morgan fingerprint density at radius 1 is 0.946 bits per heavy atom. The van der Waals surface area contributed by atoms with E-state index in [1.165, 1.54) is 24.3 Å². The molecule has 1 amide bonds. The average molecular weight is 520 g/mol. The third-order valence-electron chi connectivity index (χ3n) is 6.08. The van der Waals surface area contributed by atoms with Crippen LogP contribution >= 0.6 is 11.6 Å². The molecule has 3 aromatic carbocycles. The Bertz CT molecular complexity index is 1580. The second kappa shape index (κ2) is 10.5. The Labute approximate surface area is 216 Å². The number of benzene rings is 3. The molecule has 0 radical (unpaired) electrons. The maximum Gasteiger partial charge on any atom is 0.225 e. The standard InChI is InChI=1S/C29H21ClF3N3O/c30-20-4-1-3-18(12-20)24-5-2-8-34-29(24)27(11-17-9-22(32)14-23(33)10-17)36-28(37)13-19-16-35-26-7-6-21(31)15-25(19)26/h1-10,12,14-16,27,35H,11,13H2,(H,36,37)/t27-/m0/s1. The first-order valence-corrected chi connectivity index (χ1v) is 11.9. The van der Waals surface area contributed by atoms with Crippen LogP contribution in [0, 0.1) is 17.5 Å². The van der Waals surface area contributed by atoms with Gasteiger partial charge in [-0.05, 0) is 71.6 Å². The van der Waals surface area contributed by atoms with Gasteiger partial charge in [0.2, 0.25) is 5.91 Å². The smallest absolute Gasteiger partial charge is 0.225 e. The summed E-state index contributed by atoms with van der Waals surface area (Å²) in [5.41, 5.74) is 3.73. The topological polar surface area (TPSA) is 57.8 Å². The van der Waals surface area contributed by atoms with Crippen LogP contribution in [0.2, 0.25) is 5.02 Å². The molecule has 2 aromatic heterocycles. The molecule has 5 rings (SSSR count). The van der Waals surface area contributed by atoms with Crippen molar-refractivity contribution in [3.8, 4) is 11.1 Å². The van der Waals surface area contributed by atoms with Crippen LogP contribution in [0.3, 0.4) is 0 Å². The van der Waals surface area contributed by atoms with E-state index in [-0.39, 0.29) is 18.7 Å². The van der Waals surface area contributed by atoms with Crippen molar-refractivity contribution < 1.29 is 18.0 Å². The van der Waals surface area contributed by atoms with E-state index < -0.39 is 23.5 Å². The summed E-state index contributed by atoms with van der Waals surface area (Å²) in [6.07, 6.45) is 3.32. The average Bonchev–Trinajstić information content (AvgIpc) is 3.24. The quantitative estimate of drug-likeness (QED) is 0.244. The van der Waals surface area contributed by atoms with Gasteiger partial charge in [0.05, 0.1) is 18.2 Å². The maximum atomic E-state index is 14.0. The van der Waals surface area contributed by atoms with Crippen molar-refractivity contribution >= 4 is 28.4 Å². The number of rotatable bonds is 7. The molecule has 2 heterocycles. The highest BCUT2D eigenvalue weighted by molar-refractivity contribution is 6.30. The van der Waals surface area contributed by atoms with Gasteiger partial charge in [0.1, 0.15) is 17.5 Å². The number of nitrogens with one attached hydrogen (secondary N) is 2. The molecule has 0 aliphatic heterocycles. The highest BCUT2D eigenvalue weighted by Crippen LogP contribution is 2.31. The van der Waals surface area contributed by atoms with Gasteiger partial charge in [-0.3, -0.25) is 9.78 Å². The van der Waals surface area contributed by atoms with Crippen LogP contribution in [0.25, 0.3) is 22.0 Å². The number of carbonyl (C=O) groups excluding carboxylic acids is 1. The normalized spacial score (nSPS) is 12.0. The molecule has 4 nitrogen and oxygen atoms in total. The van der Waals surface area contributed by atoms with Crippen LogP contribution in [0.5, 0.6) is 0 Å². The third-order valence-corrected chi connectivity index (χ3v) is 6.32. The van der Waals surface area contributed by atoms with Crippen LogP contribution < -0.4 is 5.32 Å². The number of nitrogens with zero attached hydrogens (tertiary/aromatic N) is 1. The Hall–Kier alpha value is -4.10. The van der Waals surface area contributed by atoms with Crippen molar-refractivity contribution in [2.45, 2.75) is 18.9 Å². The van der Waals surface area contributed by atoms with Crippen LogP contribution in [0.4, 0.5) is 13.2 Å². The monoisotopic (exact) mass is 519 g/mol. The van der Waals surface area contributed by atoms with E-state index in [1.54, 1.807) is 42.7 Å². The Kier molecular flexibility index (Phi) is 6.97. The number of hydrogen-bond donors (Lipinski definition) is 2. The van der Waals surface area contributed by atoms with Crippen molar-refractivity contribution in [3.05, 3.63) is 124 Å². The summed E-state index contributed by atoms with van der Waals surface area (Å²) in [7, 11) is 0. The summed E-state index contributed by atoms with van der Waals surface area (Å²) in [6, 6.07) is 17.7. The fourth-order valence-electron chi connectivity index (χ4n) is 4.49. The second-order valence-corrected chi connectivity index (χ2v) is 9.17. The molecular weight excluding hydrogens is 499 g/mol. The van der Waals surface area contributed by atoms with Gasteiger partial charge in [-0.1, -0.05) is 29.8 Å². The second-order valence-electron chi connectivity index (χ2n) is 8.73. The van der Waals surface area contributed by atoms with Crippen LogP contribution in [0.1, 0.15) is 22.9 Å². The lowest BCUT2D eigenvalue weighted by molar-refractivity contribution is -0.121. The lowest BCUT2D eigenvalue weighted by Gasteiger charge is -2.22. The highest BCUT2D eigenvalue weighted by Gasteiger charge is 2.22. The number of fused-ring (bicyclic) bond motifs is 1. The van der Waals surface area contributed by atoms with E-state index in [9.17, 15) is 18.0 Å². The van der Waals surface area contributed by atoms with E-state index in [1.807, 2.05) is 12.1 Å². The van der Waals surface area contributed by atoms with Gasteiger partial charge < -0.3 is 10.3 Å². The Morgan fingerprint density at radius 3 is 2.54 bits per heavy atom. The summed E-state index contributed by atoms with van der Waals surface area (Å²) in [6.45, 7) is 0. The first-order chi connectivity index (χ1) is 17.9. The molecule has 0 bridgehead atoms. The first-order valence-electron chi connectivity index (χ1n) is 11.6. The minimum atomic E-state index is -0.717. The van der Waals surface area contributed by atoms with Gasteiger partial charge in [-0.2, -0.15) is 0 Å². The van der Waals surface area contributed by atoms with Crippen molar-refractivity contribution in [2.24, 2.45) is 0 Å². The predicted octanol–water partition coefficient (Wildman–Crippen LogP) is 6.94. The van der Waals surface area contributed by atoms with Crippen molar-refractivity contribution in [2.75, 3.05) is 0 Å². The molecule has 8 heteroatoms. The Balaban J connectivity index is 1.50. The van der Waals surface area contributed by atoms with E-state index in [0.29, 0.717) is 32.7 Å². The summed E-state index contributed by atoms with van der Waals surface area (Å²) in [5.74, 6) is -2.18. The van der Waals surface area contributed by atoms with Gasteiger partial charge >= 0.3 is 0 Å². The molecule has 0 aliphatic carbocycles. The zero-order valence-electron chi connectivity index (χ0n) is 19.4. The van der Waals surface area contributed by atoms with Crippen LogP contribution in [-0.4, -0.2) is 15.9 Å². The van der Waals surface area contributed by atoms with Crippen molar-refractivity contribution in [3.63, 3.8) is 0 Å². The van der Waals surface area contributed by atoms with Crippen molar-refractivity contribution in [1.29, 1.82) is 0 Å². The van der Waals surface area contributed by atoms with Gasteiger partial charge in [0.15, 0.2) is 0 Å². The molecule has 0 fully saturated rings. The SMILES string of the molecule is O=C(Cc1c[nH]c2ccc(F)cc12)N[C@@H](Cc1cc(F)cc(F)c1)c1ncccc1-c1cccc(Cl)c1. The molecule has 0 saturated heterocycles.